The van der Waals surface area contributed by atoms with Crippen LogP contribution in [0.5, 0.6) is 11.5 Å². The number of barbiturate groups is 1. The van der Waals surface area contributed by atoms with Gasteiger partial charge in [0.1, 0.15) is 17.1 Å². The van der Waals surface area contributed by atoms with Crippen LogP contribution < -0.4 is 24.6 Å². The van der Waals surface area contributed by atoms with Crippen molar-refractivity contribution in [2.24, 2.45) is 0 Å². The summed E-state index contributed by atoms with van der Waals surface area (Å²) in [5.41, 5.74) is 3.15. The molecule has 1 fully saturated rings. The van der Waals surface area contributed by atoms with Crippen molar-refractivity contribution in [3.8, 4) is 11.5 Å². The third-order valence-corrected chi connectivity index (χ3v) is 6.86. The molecule has 2 aromatic carbocycles. The molecule has 36 heavy (non-hydrogen) atoms. The van der Waals surface area contributed by atoms with Gasteiger partial charge < -0.3 is 14.4 Å². The van der Waals surface area contributed by atoms with E-state index in [2.05, 4.69) is 50.9 Å². The third-order valence-electron chi connectivity index (χ3n) is 6.86. The Morgan fingerprint density at radius 2 is 1.72 bits per heavy atom. The zero-order chi connectivity index (χ0) is 26.4. The maximum absolute atomic E-state index is 13.4. The molecule has 8 heteroatoms. The summed E-state index contributed by atoms with van der Waals surface area (Å²) in [6.45, 7) is 11.1. The fraction of sp³-hybridized carbons (Fsp3) is 0.393. The highest BCUT2D eigenvalue weighted by atomic mass is 16.5. The number of nitrogens with zero attached hydrogens (tertiary/aromatic N) is 2. The number of carbonyl (C=O) groups excluding carboxylic acids is 3. The monoisotopic (exact) mass is 491 g/mol. The van der Waals surface area contributed by atoms with Gasteiger partial charge in [-0.3, -0.25) is 14.9 Å². The Hall–Kier alpha value is -3.81. The Balaban J connectivity index is 1.75. The number of anilines is 2. The van der Waals surface area contributed by atoms with Gasteiger partial charge in [0, 0.05) is 23.3 Å². The average Bonchev–Trinajstić information content (AvgIpc) is 2.81. The standard InChI is InChI=1S/C28H33N3O5/c1-16(2)31-22-10-8-18(12-20(22)17(3)15-28(31,4)5)13-21-25(32)29-27(34)30(26(21)33)23-11-9-19(35-6)14-24(23)36-7/h8-14,16-17H,15H2,1-7H3,(H,29,32,34)/b21-13+/t17-/m1/s1. The lowest BCUT2D eigenvalue weighted by atomic mass is 9.78. The van der Waals surface area contributed by atoms with Crippen molar-refractivity contribution in [3.05, 3.63) is 53.1 Å². The van der Waals surface area contributed by atoms with E-state index in [1.54, 1.807) is 24.3 Å². The van der Waals surface area contributed by atoms with Crippen molar-refractivity contribution in [3.63, 3.8) is 0 Å². The Morgan fingerprint density at radius 1 is 1.03 bits per heavy atom. The molecule has 2 aliphatic rings. The maximum Gasteiger partial charge on any atom is 0.336 e. The van der Waals surface area contributed by atoms with Crippen LogP contribution in [0.2, 0.25) is 0 Å². The molecular weight excluding hydrogens is 458 g/mol. The SMILES string of the molecule is COc1ccc(N2C(=O)NC(=O)/C(=C\c3ccc4c(c3)[C@H](C)CC(C)(C)N4C(C)C)C2=O)c(OC)c1. The van der Waals surface area contributed by atoms with E-state index in [4.69, 9.17) is 9.47 Å². The van der Waals surface area contributed by atoms with Crippen LogP contribution in [0.15, 0.2) is 42.0 Å². The summed E-state index contributed by atoms with van der Waals surface area (Å²) in [5, 5.41) is 2.28. The number of rotatable bonds is 5. The number of urea groups is 1. The second-order valence-corrected chi connectivity index (χ2v) is 10.2. The van der Waals surface area contributed by atoms with Crippen molar-refractivity contribution in [2.45, 2.75) is 58.5 Å². The highest BCUT2D eigenvalue weighted by Crippen LogP contribution is 2.45. The topological polar surface area (TPSA) is 88.2 Å². The molecule has 1 saturated heterocycles. The molecule has 0 spiro atoms. The molecule has 1 N–H and O–H groups in total. The second kappa shape index (κ2) is 9.33. The van der Waals surface area contributed by atoms with Crippen LogP contribution in [0.25, 0.3) is 6.08 Å². The van der Waals surface area contributed by atoms with E-state index in [-0.39, 0.29) is 22.5 Å². The largest absolute Gasteiger partial charge is 0.497 e. The zero-order valence-electron chi connectivity index (χ0n) is 21.8. The van der Waals surface area contributed by atoms with Crippen LogP contribution >= 0.6 is 0 Å². The number of benzene rings is 2. The number of hydrogen-bond donors (Lipinski definition) is 1. The molecule has 4 rings (SSSR count). The summed E-state index contributed by atoms with van der Waals surface area (Å²) in [6, 6.07) is 10.2. The van der Waals surface area contributed by atoms with E-state index >= 15 is 0 Å². The summed E-state index contributed by atoms with van der Waals surface area (Å²) in [6.07, 6.45) is 2.52. The fourth-order valence-electron chi connectivity index (χ4n) is 5.55. The van der Waals surface area contributed by atoms with Crippen molar-refractivity contribution in [2.75, 3.05) is 24.0 Å². The summed E-state index contributed by atoms with van der Waals surface area (Å²) < 4.78 is 10.6. The van der Waals surface area contributed by atoms with E-state index in [1.165, 1.54) is 19.8 Å². The van der Waals surface area contributed by atoms with Crippen molar-refractivity contribution < 1.29 is 23.9 Å². The molecule has 0 unspecified atom stereocenters. The number of hydrogen-bond acceptors (Lipinski definition) is 6. The lowest BCUT2D eigenvalue weighted by Gasteiger charge is -2.50. The van der Waals surface area contributed by atoms with Gasteiger partial charge in [0.05, 0.1) is 19.9 Å². The van der Waals surface area contributed by atoms with Gasteiger partial charge in [-0.05, 0) is 81.5 Å². The van der Waals surface area contributed by atoms with Crippen LogP contribution in [0, 0.1) is 0 Å². The van der Waals surface area contributed by atoms with Gasteiger partial charge in [0.2, 0.25) is 0 Å². The van der Waals surface area contributed by atoms with Crippen molar-refractivity contribution in [1.29, 1.82) is 0 Å². The number of imide groups is 2. The van der Waals surface area contributed by atoms with Gasteiger partial charge in [0.15, 0.2) is 0 Å². The number of ether oxygens (including phenoxy) is 2. The first-order valence-electron chi connectivity index (χ1n) is 12.0. The van der Waals surface area contributed by atoms with E-state index in [9.17, 15) is 14.4 Å². The van der Waals surface area contributed by atoms with E-state index in [1.807, 2.05) is 12.1 Å². The highest BCUT2D eigenvalue weighted by Gasteiger charge is 2.39. The van der Waals surface area contributed by atoms with Gasteiger partial charge in [-0.1, -0.05) is 13.0 Å². The van der Waals surface area contributed by atoms with Crippen LogP contribution in [-0.2, 0) is 9.59 Å². The maximum atomic E-state index is 13.4. The minimum atomic E-state index is -0.834. The quantitative estimate of drug-likeness (QED) is 0.474. The Labute approximate surface area is 211 Å². The lowest BCUT2D eigenvalue weighted by Crippen LogP contribution is -2.54. The normalized spacial score (nSPS) is 20.5. The summed E-state index contributed by atoms with van der Waals surface area (Å²) in [4.78, 5) is 42.2. The van der Waals surface area contributed by atoms with Gasteiger partial charge in [-0.2, -0.15) is 0 Å². The predicted octanol–water partition coefficient (Wildman–Crippen LogP) is 4.87. The fourth-order valence-corrected chi connectivity index (χ4v) is 5.55. The summed E-state index contributed by atoms with van der Waals surface area (Å²) in [5.74, 6) is -0.368. The molecular formula is C28H33N3O5. The number of nitrogens with one attached hydrogen (secondary N) is 1. The van der Waals surface area contributed by atoms with Crippen LogP contribution in [0.1, 0.15) is 58.1 Å². The molecule has 0 saturated carbocycles. The first-order valence-corrected chi connectivity index (χ1v) is 12.0. The molecule has 8 nitrogen and oxygen atoms in total. The average molecular weight is 492 g/mol. The number of carbonyl (C=O) groups is 3. The molecule has 0 radical (unpaired) electrons. The predicted molar refractivity (Wildman–Crippen MR) is 140 cm³/mol. The molecule has 2 heterocycles. The second-order valence-electron chi connectivity index (χ2n) is 10.2. The minimum absolute atomic E-state index is 0.0120. The molecule has 2 aliphatic heterocycles. The minimum Gasteiger partial charge on any atom is -0.497 e. The first-order chi connectivity index (χ1) is 17.0. The summed E-state index contributed by atoms with van der Waals surface area (Å²) in [7, 11) is 2.94. The Morgan fingerprint density at radius 3 is 2.36 bits per heavy atom. The van der Waals surface area contributed by atoms with Gasteiger partial charge in [-0.25, -0.2) is 9.69 Å². The van der Waals surface area contributed by atoms with Crippen LogP contribution in [-0.4, -0.2) is 43.6 Å². The van der Waals surface area contributed by atoms with Gasteiger partial charge >= 0.3 is 6.03 Å². The molecule has 0 aliphatic carbocycles. The molecule has 4 amide bonds. The van der Waals surface area contributed by atoms with E-state index < -0.39 is 17.8 Å². The summed E-state index contributed by atoms with van der Waals surface area (Å²) >= 11 is 0. The van der Waals surface area contributed by atoms with Gasteiger partial charge in [0.25, 0.3) is 11.8 Å². The molecule has 0 bridgehead atoms. The molecule has 1 atom stereocenters. The highest BCUT2D eigenvalue weighted by molar-refractivity contribution is 6.39. The van der Waals surface area contributed by atoms with Crippen LogP contribution in [0.3, 0.4) is 0 Å². The van der Waals surface area contributed by atoms with Crippen LogP contribution in [0.4, 0.5) is 16.2 Å². The van der Waals surface area contributed by atoms with Crippen molar-refractivity contribution in [1.82, 2.24) is 5.32 Å². The molecule has 2 aromatic rings. The first kappa shape index (κ1) is 25.3. The van der Waals surface area contributed by atoms with E-state index in [0.29, 0.717) is 17.7 Å². The smallest absolute Gasteiger partial charge is 0.336 e. The van der Waals surface area contributed by atoms with Gasteiger partial charge in [-0.15, -0.1) is 0 Å². The number of fused-ring (bicyclic) bond motifs is 1. The molecule has 0 aromatic heterocycles. The Bertz CT molecular complexity index is 1260. The van der Waals surface area contributed by atoms with Crippen molar-refractivity contribution >= 4 is 35.3 Å². The third kappa shape index (κ3) is 4.32. The number of methoxy groups -OCH3 is 2. The zero-order valence-corrected chi connectivity index (χ0v) is 21.8. The lowest BCUT2D eigenvalue weighted by molar-refractivity contribution is -0.122. The Kier molecular flexibility index (Phi) is 6.56. The molecule has 190 valence electrons. The van der Waals surface area contributed by atoms with E-state index in [0.717, 1.165) is 22.6 Å². The number of amides is 4.